The SMILES string of the molecule is O[C@H](c1ccc(F)cc1)[C@H](CN1CCOCC1)c1ccccc1. The van der Waals surface area contributed by atoms with Crippen LogP contribution in [0.2, 0.25) is 0 Å². The number of rotatable bonds is 5. The topological polar surface area (TPSA) is 32.7 Å². The van der Waals surface area contributed by atoms with Crippen molar-refractivity contribution in [2.24, 2.45) is 0 Å². The lowest BCUT2D eigenvalue weighted by molar-refractivity contribution is 0.0240. The Morgan fingerprint density at radius 1 is 0.957 bits per heavy atom. The normalized spacial score (nSPS) is 18.5. The van der Waals surface area contributed by atoms with Crippen LogP contribution in [0.3, 0.4) is 0 Å². The van der Waals surface area contributed by atoms with Gasteiger partial charge in [-0.15, -0.1) is 0 Å². The highest BCUT2D eigenvalue weighted by Gasteiger charge is 2.26. The maximum Gasteiger partial charge on any atom is 0.123 e. The van der Waals surface area contributed by atoms with E-state index in [9.17, 15) is 9.50 Å². The summed E-state index contributed by atoms with van der Waals surface area (Å²) >= 11 is 0. The molecule has 1 heterocycles. The number of nitrogens with zero attached hydrogens (tertiary/aromatic N) is 1. The minimum atomic E-state index is -0.666. The van der Waals surface area contributed by atoms with Gasteiger partial charge in [-0.05, 0) is 23.3 Å². The fourth-order valence-electron chi connectivity index (χ4n) is 3.04. The summed E-state index contributed by atoms with van der Waals surface area (Å²) in [6.45, 7) is 3.97. The van der Waals surface area contributed by atoms with Crippen LogP contribution in [0.1, 0.15) is 23.1 Å². The van der Waals surface area contributed by atoms with Gasteiger partial charge in [0.2, 0.25) is 0 Å². The van der Waals surface area contributed by atoms with Crippen LogP contribution in [0.5, 0.6) is 0 Å². The molecular weight excluding hydrogens is 293 g/mol. The lowest BCUT2D eigenvalue weighted by Gasteiger charge is -2.33. The van der Waals surface area contributed by atoms with E-state index in [4.69, 9.17) is 4.74 Å². The van der Waals surface area contributed by atoms with Crippen molar-refractivity contribution in [1.29, 1.82) is 0 Å². The quantitative estimate of drug-likeness (QED) is 0.921. The maximum absolute atomic E-state index is 13.1. The summed E-state index contributed by atoms with van der Waals surface area (Å²) in [5.41, 5.74) is 1.84. The van der Waals surface area contributed by atoms with Gasteiger partial charge in [-0.25, -0.2) is 4.39 Å². The summed E-state index contributed by atoms with van der Waals surface area (Å²) in [4.78, 5) is 2.31. The van der Waals surface area contributed by atoms with E-state index in [1.54, 1.807) is 12.1 Å². The van der Waals surface area contributed by atoms with E-state index in [0.717, 1.165) is 44.0 Å². The first-order chi connectivity index (χ1) is 11.2. The molecule has 2 atom stereocenters. The summed E-state index contributed by atoms with van der Waals surface area (Å²) in [5, 5.41) is 10.9. The van der Waals surface area contributed by atoms with Gasteiger partial charge < -0.3 is 9.84 Å². The molecule has 2 aromatic carbocycles. The fourth-order valence-corrected chi connectivity index (χ4v) is 3.04. The predicted molar refractivity (Wildman–Crippen MR) is 87.8 cm³/mol. The van der Waals surface area contributed by atoms with Crippen LogP contribution in [0, 0.1) is 5.82 Å². The molecule has 23 heavy (non-hydrogen) atoms. The van der Waals surface area contributed by atoms with Crippen molar-refractivity contribution in [2.45, 2.75) is 12.0 Å². The minimum Gasteiger partial charge on any atom is -0.388 e. The van der Waals surface area contributed by atoms with E-state index in [-0.39, 0.29) is 11.7 Å². The highest BCUT2D eigenvalue weighted by atomic mass is 19.1. The third-order valence-electron chi connectivity index (χ3n) is 4.38. The third-order valence-corrected chi connectivity index (χ3v) is 4.38. The Hall–Kier alpha value is -1.75. The molecule has 3 nitrogen and oxygen atoms in total. The number of aliphatic hydroxyl groups is 1. The van der Waals surface area contributed by atoms with Crippen LogP contribution in [0.15, 0.2) is 54.6 Å². The molecule has 1 fully saturated rings. The van der Waals surface area contributed by atoms with Crippen LogP contribution in [-0.2, 0) is 4.74 Å². The Kier molecular flexibility index (Phi) is 5.39. The monoisotopic (exact) mass is 315 g/mol. The van der Waals surface area contributed by atoms with Crippen LogP contribution in [0.25, 0.3) is 0 Å². The molecule has 4 heteroatoms. The van der Waals surface area contributed by atoms with Gasteiger partial charge >= 0.3 is 0 Å². The molecule has 0 aliphatic carbocycles. The summed E-state index contributed by atoms with van der Waals surface area (Å²) in [6.07, 6.45) is -0.666. The number of aliphatic hydroxyl groups excluding tert-OH is 1. The zero-order chi connectivity index (χ0) is 16.1. The molecule has 0 bridgehead atoms. The first kappa shape index (κ1) is 16.1. The maximum atomic E-state index is 13.1. The molecule has 0 unspecified atom stereocenters. The molecule has 1 N–H and O–H groups in total. The molecule has 0 aromatic heterocycles. The minimum absolute atomic E-state index is 0.0558. The van der Waals surface area contributed by atoms with Crippen molar-refractivity contribution in [1.82, 2.24) is 4.90 Å². The molecule has 122 valence electrons. The second-order valence-corrected chi connectivity index (χ2v) is 5.93. The Balaban J connectivity index is 1.83. The van der Waals surface area contributed by atoms with Gasteiger partial charge in [0, 0.05) is 25.6 Å². The largest absolute Gasteiger partial charge is 0.388 e. The Morgan fingerprint density at radius 2 is 1.61 bits per heavy atom. The second-order valence-electron chi connectivity index (χ2n) is 5.93. The summed E-state index contributed by atoms with van der Waals surface area (Å²) < 4.78 is 18.5. The molecule has 1 saturated heterocycles. The molecule has 1 aliphatic heterocycles. The molecular formula is C19H22FNO2. The number of morpholine rings is 1. The van der Waals surface area contributed by atoms with Crippen molar-refractivity contribution in [3.8, 4) is 0 Å². The van der Waals surface area contributed by atoms with Crippen molar-refractivity contribution >= 4 is 0 Å². The van der Waals surface area contributed by atoms with E-state index in [0.29, 0.717) is 0 Å². The van der Waals surface area contributed by atoms with Crippen LogP contribution < -0.4 is 0 Å². The van der Waals surface area contributed by atoms with E-state index >= 15 is 0 Å². The second kappa shape index (κ2) is 7.68. The van der Waals surface area contributed by atoms with Crippen molar-refractivity contribution in [2.75, 3.05) is 32.8 Å². The third kappa shape index (κ3) is 4.16. The lowest BCUT2D eigenvalue weighted by Crippen LogP contribution is -2.39. The Bertz CT molecular complexity index is 597. The number of benzene rings is 2. The highest BCUT2D eigenvalue weighted by Crippen LogP contribution is 2.32. The highest BCUT2D eigenvalue weighted by molar-refractivity contribution is 5.27. The van der Waals surface area contributed by atoms with E-state index < -0.39 is 6.10 Å². The van der Waals surface area contributed by atoms with Gasteiger partial charge in [0.05, 0.1) is 19.3 Å². The molecule has 0 radical (unpaired) electrons. The van der Waals surface area contributed by atoms with Crippen LogP contribution in [-0.4, -0.2) is 42.9 Å². The van der Waals surface area contributed by atoms with Gasteiger partial charge in [0.1, 0.15) is 5.82 Å². The van der Waals surface area contributed by atoms with Gasteiger partial charge in [0.15, 0.2) is 0 Å². The Morgan fingerprint density at radius 3 is 2.26 bits per heavy atom. The van der Waals surface area contributed by atoms with Gasteiger partial charge in [-0.3, -0.25) is 4.90 Å². The van der Waals surface area contributed by atoms with E-state index in [2.05, 4.69) is 4.90 Å². The van der Waals surface area contributed by atoms with Crippen molar-refractivity contribution in [3.05, 3.63) is 71.5 Å². The first-order valence-electron chi connectivity index (χ1n) is 8.02. The molecule has 3 rings (SSSR count). The van der Waals surface area contributed by atoms with Gasteiger partial charge in [0.25, 0.3) is 0 Å². The number of halogens is 1. The van der Waals surface area contributed by atoms with Gasteiger partial charge in [-0.1, -0.05) is 42.5 Å². The molecule has 2 aromatic rings. The van der Waals surface area contributed by atoms with E-state index in [1.807, 2.05) is 30.3 Å². The zero-order valence-electron chi connectivity index (χ0n) is 13.1. The Labute approximate surface area is 136 Å². The average molecular weight is 315 g/mol. The lowest BCUT2D eigenvalue weighted by atomic mass is 9.88. The molecule has 0 amide bonds. The predicted octanol–water partition coefficient (Wildman–Crippen LogP) is 2.98. The van der Waals surface area contributed by atoms with Gasteiger partial charge in [-0.2, -0.15) is 0 Å². The summed E-state index contributed by atoms with van der Waals surface area (Å²) in [7, 11) is 0. The number of ether oxygens (including phenoxy) is 1. The molecule has 1 aliphatic rings. The van der Waals surface area contributed by atoms with E-state index in [1.165, 1.54) is 12.1 Å². The summed E-state index contributed by atoms with van der Waals surface area (Å²) in [5.74, 6) is -0.342. The average Bonchev–Trinajstić information content (AvgIpc) is 2.61. The molecule has 0 spiro atoms. The van der Waals surface area contributed by atoms with Crippen molar-refractivity contribution in [3.63, 3.8) is 0 Å². The first-order valence-corrected chi connectivity index (χ1v) is 8.02. The number of hydrogen-bond acceptors (Lipinski definition) is 3. The van der Waals surface area contributed by atoms with Crippen LogP contribution >= 0.6 is 0 Å². The smallest absolute Gasteiger partial charge is 0.123 e. The fraction of sp³-hybridized carbons (Fsp3) is 0.368. The van der Waals surface area contributed by atoms with Crippen LogP contribution in [0.4, 0.5) is 4.39 Å². The summed E-state index contributed by atoms with van der Waals surface area (Å²) in [6, 6.07) is 16.1. The number of hydrogen-bond donors (Lipinski definition) is 1. The molecule has 0 saturated carbocycles. The zero-order valence-corrected chi connectivity index (χ0v) is 13.1. The van der Waals surface area contributed by atoms with Crippen molar-refractivity contribution < 1.29 is 14.2 Å². The standard InChI is InChI=1S/C19H22FNO2/c20-17-8-6-16(7-9-17)19(22)18(15-4-2-1-3-5-15)14-21-10-12-23-13-11-21/h1-9,18-19,22H,10-14H2/t18-,19-/m1/s1.